The molecule has 8 nitrogen and oxygen atoms in total. The number of nitrogens with one attached hydrogen (secondary N) is 1. The minimum atomic E-state index is -0.306. The van der Waals surface area contributed by atoms with Crippen LogP contribution in [0, 0.1) is 6.92 Å². The van der Waals surface area contributed by atoms with E-state index < -0.39 is 0 Å². The van der Waals surface area contributed by atoms with E-state index >= 15 is 0 Å². The summed E-state index contributed by atoms with van der Waals surface area (Å²) in [5, 5.41) is 7.20. The fourth-order valence-corrected chi connectivity index (χ4v) is 2.81. The number of carbonyl (C=O) groups excluding carboxylic acids is 1. The first-order valence-corrected chi connectivity index (χ1v) is 8.26. The number of nitrogens with zero attached hydrogens (tertiary/aromatic N) is 3. The van der Waals surface area contributed by atoms with E-state index in [0.29, 0.717) is 24.7 Å². The normalized spacial score (nSPS) is 19.4. The summed E-state index contributed by atoms with van der Waals surface area (Å²) in [7, 11) is 0. The summed E-state index contributed by atoms with van der Waals surface area (Å²) in [6.07, 6.45) is 4.39. The van der Waals surface area contributed by atoms with Crippen LogP contribution in [-0.2, 0) is 4.74 Å². The van der Waals surface area contributed by atoms with Crippen molar-refractivity contribution in [2.75, 3.05) is 13.2 Å². The van der Waals surface area contributed by atoms with Crippen LogP contribution in [0.2, 0.25) is 0 Å². The Morgan fingerprint density at radius 3 is 2.92 bits per heavy atom. The highest BCUT2D eigenvalue weighted by Gasteiger charge is 2.32. The lowest BCUT2D eigenvalue weighted by molar-refractivity contribution is 0.0898. The molecule has 1 N–H and O–H groups in total. The summed E-state index contributed by atoms with van der Waals surface area (Å²) in [6, 6.07) is 9.47. The number of benzene rings is 1. The summed E-state index contributed by atoms with van der Waals surface area (Å²) in [4.78, 5) is 16.2. The molecule has 0 bridgehead atoms. The molecule has 0 aliphatic carbocycles. The zero-order valence-corrected chi connectivity index (χ0v) is 14.2. The van der Waals surface area contributed by atoms with Gasteiger partial charge in [-0.2, -0.15) is 5.10 Å². The molecule has 0 radical (unpaired) electrons. The number of aryl methyl sites for hydroxylation is 1. The highest BCUT2D eigenvalue weighted by molar-refractivity contribution is 5.93. The highest BCUT2D eigenvalue weighted by atomic mass is 16.5. The van der Waals surface area contributed by atoms with Crippen LogP contribution in [0.25, 0.3) is 5.69 Å². The van der Waals surface area contributed by atoms with Gasteiger partial charge in [-0.1, -0.05) is 18.2 Å². The van der Waals surface area contributed by atoms with Crippen LogP contribution in [0.15, 0.2) is 53.5 Å². The lowest BCUT2D eigenvalue weighted by Crippen LogP contribution is -2.45. The standard InChI is InChI=1S/C18H18N4O4/c1-12-17(19-11-25-12)18(23)21-15-9-24-10-16(15)26-14-7-20-22(8-14)13-5-3-2-4-6-13/h2-8,11,15-16H,9-10H2,1H3,(H,21,23)/t15-,16+/m0/s1. The number of hydrogen-bond acceptors (Lipinski definition) is 6. The van der Waals surface area contributed by atoms with E-state index in [2.05, 4.69) is 15.4 Å². The molecular weight excluding hydrogens is 336 g/mol. The average Bonchev–Trinajstić information content (AvgIpc) is 3.38. The molecule has 26 heavy (non-hydrogen) atoms. The van der Waals surface area contributed by atoms with Crippen LogP contribution in [0.3, 0.4) is 0 Å². The Labute approximate surface area is 149 Å². The van der Waals surface area contributed by atoms with Crippen molar-refractivity contribution in [1.82, 2.24) is 20.1 Å². The first-order valence-electron chi connectivity index (χ1n) is 8.26. The molecule has 1 aliphatic rings. The van der Waals surface area contributed by atoms with Gasteiger partial charge in [0, 0.05) is 0 Å². The monoisotopic (exact) mass is 354 g/mol. The van der Waals surface area contributed by atoms with Crippen molar-refractivity contribution in [2.45, 2.75) is 19.1 Å². The zero-order chi connectivity index (χ0) is 17.9. The van der Waals surface area contributed by atoms with Crippen LogP contribution in [0.4, 0.5) is 0 Å². The number of para-hydroxylation sites is 1. The molecule has 1 aliphatic heterocycles. The second-order valence-electron chi connectivity index (χ2n) is 5.99. The average molecular weight is 354 g/mol. The van der Waals surface area contributed by atoms with Gasteiger partial charge in [-0.05, 0) is 19.1 Å². The van der Waals surface area contributed by atoms with E-state index in [1.807, 2.05) is 30.3 Å². The van der Waals surface area contributed by atoms with E-state index in [4.69, 9.17) is 13.9 Å². The number of carbonyl (C=O) groups is 1. The first kappa shape index (κ1) is 16.3. The lowest BCUT2D eigenvalue weighted by atomic mass is 10.2. The number of amides is 1. The number of aromatic nitrogens is 3. The second-order valence-corrected chi connectivity index (χ2v) is 5.99. The van der Waals surface area contributed by atoms with Crippen molar-refractivity contribution >= 4 is 5.91 Å². The molecule has 4 rings (SSSR count). The molecular formula is C18H18N4O4. The van der Waals surface area contributed by atoms with E-state index in [-0.39, 0.29) is 23.7 Å². The van der Waals surface area contributed by atoms with Gasteiger partial charge in [0.05, 0.1) is 37.3 Å². The molecule has 1 fully saturated rings. The van der Waals surface area contributed by atoms with Crippen LogP contribution in [0.1, 0.15) is 16.2 Å². The fraction of sp³-hybridized carbons (Fsp3) is 0.278. The lowest BCUT2D eigenvalue weighted by Gasteiger charge is -2.19. The molecule has 3 aromatic rings. The van der Waals surface area contributed by atoms with Crippen LogP contribution >= 0.6 is 0 Å². The predicted molar refractivity (Wildman–Crippen MR) is 91.3 cm³/mol. The van der Waals surface area contributed by atoms with E-state index in [9.17, 15) is 4.79 Å². The van der Waals surface area contributed by atoms with Gasteiger partial charge in [-0.15, -0.1) is 0 Å². The zero-order valence-electron chi connectivity index (χ0n) is 14.2. The van der Waals surface area contributed by atoms with Crippen molar-refractivity contribution in [3.63, 3.8) is 0 Å². The number of ether oxygens (including phenoxy) is 2. The molecule has 1 saturated heterocycles. The Hall–Kier alpha value is -3.13. The summed E-state index contributed by atoms with van der Waals surface area (Å²) < 4.78 is 18.2. The van der Waals surface area contributed by atoms with Gasteiger partial charge in [0.15, 0.2) is 17.8 Å². The molecule has 1 aromatic carbocycles. The second kappa shape index (κ2) is 7.01. The summed E-state index contributed by atoms with van der Waals surface area (Å²) in [6.45, 7) is 2.46. The smallest absolute Gasteiger partial charge is 0.273 e. The van der Waals surface area contributed by atoms with Gasteiger partial charge in [-0.3, -0.25) is 4.79 Å². The van der Waals surface area contributed by atoms with Crippen LogP contribution < -0.4 is 10.1 Å². The summed E-state index contributed by atoms with van der Waals surface area (Å²) >= 11 is 0. The molecule has 134 valence electrons. The third-order valence-electron chi connectivity index (χ3n) is 4.17. The minimum Gasteiger partial charge on any atom is -0.482 e. The van der Waals surface area contributed by atoms with E-state index in [1.54, 1.807) is 24.0 Å². The molecule has 2 atom stereocenters. The van der Waals surface area contributed by atoms with E-state index in [0.717, 1.165) is 5.69 Å². The van der Waals surface area contributed by atoms with Crippen molar-refractivity contribution in [3.05, 3.63) is 60.6 Å². The molecule has 8 heteroatoms. The quantitative estimate of drug-likeness (QED) is 0.750. The summed E-state index contributed by atoms with van der Waals surface area (Å²) in [5.74, 6) is 0.782. The molecule has 0 saturated carbocycles. The highest BCUT2D eigenvalue weighted by Crippen LogP contribution is 2.19. The largest absolute Gasteiger partial charge is 0.482 e. The third kappa shape index (κ3) is 3.31. The Kier molecular flexibility index (Phi) is 4.40. The Balaban J connectivity index is 1.42. The fourth-order valence-electron chi connectivity index (χ4n) is 2.81. The van der Waals surface area contributed by atoms with Crippen molar-refractivity contribution in [3.8, 4) is 11.4 Å². The molecule has 2 aromatic heterocycles. The topological polar surface area (TPSA) is 91.4 Å². The maximum absolute atomic E-state index is 12.3. The van der Waals surface area contributed by atoms with Gasteiger partial charge in [0.2, 0.25) is 0 Å². The van der Waals surface area contributed by atoms with Crippen LogP contribution in [-0.4, -0.2) is 46.0 Å². The number of oxazole rings is 1. The van der Waals surface area contributed by atoms with Crippen molar-refractivity contribution < 1.29 is 18.7 Å². The number of hydrogen-bond donors (Lipinski definition) is 1. The predicted octanol–water partition coefficient (Wildman–Crippen LogP) is 1.74. The van der Waals surface area contributed by atoms with Crippen LogP contribution in [0.5, 0.6) is 5.75 Å². The first-order chi connectivity index (χ1) is 12.7. The van der Waals surface area contributed by atoms with Gasteiger partial charge in [0.1, 0.15) is 11.9 Å². The van der Waals surface area contributed by atoms with Gasteiger partial charge in [0.25, 0.3) is 5.91 Å². The maximum atomic E-state index is 12.3. The maximum Gasteiger partial charge on any atom is 0.273 e. The van der Waals surface area contributed by atoms with Crippen molar-refractivity contribution in [2.24, 2.45) is 0 Å². The van der Waals surface area contributed by atoms with Gasteiger partial charge < -0.3 is 19.2 Å². The Morgan fingerprint density at radius 1 is 1.31 bits per heavy atom. The molecule has 0 unspecified atom stereocenters. The Bertz CT molecular complexity index is 890. The summed E-state index contributed by atoms with van der Waals surface area (Å²) in [5.41, 5.74) is 1.21. The van der Waals surface area contributed by atoms with E-state index in [1.165, 1.54) is 6.39 Å². The molecule has 3 heterocycles. The van der Waals surface area contributed by atoms with Crippen molar-refractivity contribution in [1.29, 1.82) is 0 Å². The number of rotatable bonds is 5. The Morgan fingerprint density at radius 2 is 2.15 bits per heavy atom. The molecule has 1 amide bonds. The third-order valence-corrected chi connectivity index (χ3v) is 4.17. The molecule has 0 spiro atoms. The van der Waals surface area contributed by atoms with Gasteiger partial charge in [-0.25, -0.2) is 9.67 Å². The van der Waals surface area contributed by atoms with Gasteiger partial charge >= 0.3 is 0 Å². The minimum absolute atomic E-state index is 0.271. The SMILES string of the molecule is Cc1ocnc1C(=O)N[C@H]1COC[C@H]1Oc1cnn(-c2ccccc2)c1.